The molecule has 0 saturated carbocycles. The van der Waals surface area contributed by atoms with Crippen molar-refractivity contribution in [3.63, 3.8) is 0 Å². The topological polar surface area (TPSA) is 71.2 Å². The number of hydrogen-bond acceptors (Lipinski definition) is 4. The minimum absolute atomic E-state index is 0.175. The number of anilines is 1. The fourth-order valence-electron chi connectivity index (χ4n) is 2.05. The maximum atomic E-state index is 12.1. The van der Waals surface area contributed by atoms with E-state index in [0.29, 0.717) is 11.3 Å². The smallest absolute Gasteiger partial charge is 0.253 e. The number of amides is 1. The summed E-state index contributed by atoms with van der Waals surface area (Å²) in [5.41, 5.74) is 6.48. The van der Waals surface area contributed by atoms with Crippen LogP contribution >= 0.6 is 11.6 Å². The number of nitrogens with one attached hydrogen (secondary N) is 1. The summed E-state index contributed by atoms with van der Waals surface area (Å²) in [6, 6.07) is 1.71. The molecule has 0 unspecified atom stereocenters. The largest absolute Gasteiger partial charge is 0.397 e. The van der Waals surface area contributed by atoms with Gasteiger partial charge in [-0.1, -0.05) is 11.6 Å². The Kier molecular flexibility index (Phi) is 4.04. The molecule has 0 radical (unpaired) electrons. The summed E-state index contributed by atoms with van der Waals surface area (Å²) in [5.74, 6) is -0.175. The molecule has 6 heteroatoms. The maximum absolute atomic E-state index is 12.1. The Bertz CT molecular complexity index is 444. The molecule has 98 valence electrons. The third kappa shape index (κ3) is 3.11. The Labute approximate surface area is 111 Å². The molecule has 1 aromatic heterocycles. The average Bonchev–Trinajstić information content (AvgIpc) is 2.35. The van der Waals surface area contributed by atoms with Gasteiger partial charge in [-0.25, -0.2) is 4.98 Å². The monoisotopic (exact) mass is 268 g/mol. The van der Waals surface area contributed by atoms with Crippen LogP contribution in [0.25, 0.3) is 0 Å². The zero-order valence-electron chi connectivity index (χ0n) is 10.3. The fourth-order valence-corrected chi connectivity index (χ4v) is 2.21. The van der Waals surface area contributed by atoms with Crippen molar-refractivity contribution in [3.8, 4) is 0 Å². The second-order valence-electron chi connectivity index (χ2n) is 4.65. The van der Waals surface area contributed by atoms with Gasteiger partial charge in [0.1, 0.15) is 5.15 Å². The molecule has 5 nitrogen and oxygen atoms in total. The van der Waals surface area contributed by atoms with Crippen LogP contribution in [0.3, 0.4) is 0 Å². The van der Waals surface area contributed by atoms with Gasteiger partial charge >= 0.3 is 0 Å². The molecule has 1 aliphatic heterocycles. The molecule has 1 amide bonds. The molecular weight excluding hydrogens is 252 g/mol. The van der Waals surface area contributed by atoms with Crippen LogP contribution in [0.1, 0.15) is 23.2 Å². The predicted molar refractivity (Wildman–Crippen MR) is 71.6 cm³/mol. The highest BCUT2D eigenvalue weighted by atomic mass is 35.5. The van der Waals surface area contributed by atoms with Crippen LogP contribution in [0.4, 0.5) is 5.69 Å². The molecule has 1 fully saturated rings. The molecule has 18 heavy (non-hydrogen) atoms. The summed E-state index contributed by atoms with van der Waals surface area (Å²) >= 11 is 5.77. The third-order valence-corrected chi connectivity index (χ3v) is 3.41. The Balaban J connectivity index is 2.01. The van der Waals surface area contributed by atoms with Crippen LogP contribution in [-0.2, 0) is 0 Å². The number of likely N-dealkylation sites (tertiary alicyclic amines) is 1. The van der Waals surface area contributed by atoms with Gasteiger partial charge in [-0.05, 0) is 39.0 Å². The molecule has 3 N–H and O–H groups in total. The Hall–Kier alpha value is -1.33. The number of nitrogens with zero attached hydrogens (tertiary/aromatic N) is 2. The van der Waals surface area contributed by atoms with Crippen molar-refractivity contribution in [2.24, 2.45) is 0 Å². The fraction of sp³-hybridized carbons (Fsp3) is 0.500. The number of nitrogen functional groups attached to an aromatic ring is 1. The second kappa shape index (κ2) is 5.54. The zero-order chi connectivity index (χ0) is 13.1. The first kappa shape index (κ1) is 13.1. The molecule has 0 aromatic carbocycles. The summed E-state index contributed by atoms with van der Waals surface area (Å²) in [6.45, 7) is 2.00. The molecule has 2 rings (SSSR count). The van der Waals surface area contributed by atoms with Crippen LogP contribution in [-0.4, -0.2) is 42.0 Å². The van der Waals surface area contributed by atoms with E-state index in [1.807, 2.05) is 0 Å². The summed E-state index contributed by atoms with van der Waals surface area (Å²) in [5, 5.41) is 3.27. The van der Waals surface area contributed by atoms with Crippen LogP contribution in [0.2, 0.25) is 5.15 Å². The SMILES string of the molecule is CN1CCC(NC(=O)c2cc(Cl)ncc2N)CC1. The average molecular weight is 269 g/mol. The minimum Gasteiger partial charge on any atom is -0.397 e. The molecule has 0 bridgehead atoms. The Morgan fingerprint density at radius 1 is 1.56 bits per heavy atom. The van der Waals surface area contributed by atoms with Crippen molar-refractivity contribution in [2.45, 2.75) is 18.9 Å². The van der Waals surface area contributed by atoms with E-state index < -0.39 is 0 Å². The maximum Gasteiger partial charge on any atom is 0.253 e. The molecule has 1 aromatic rings. The Morgan fingerprint density at radius 3 is 2.89 bits per heavy atom. The van der Waals surface area contributed by atoms with E-state index in [1.165, 1.54) is 12.3 Å². The first-order valence-electron chi connectivity index (χ1n) is 5.96. The number of nitrogens with two attached hydrogens (primary N) is 1. The van der Waals surface area contributed by atoms with Gasteiger partial charge in [0.25, 0.3) is 5.91 Å². The quantitative estimate of drug-likeness (QED) is 0.789. The molecule has 0 atom stereocenters. The van der Waals surface area contributed by atoms with E-state index in [4.69, 9.17) is 17.3 Å². The van der Waals surface area contributed by atoms with Crippen molar-refractivity contribution in [3.05, 3.63) is 23.0 Å². The van der Waals surface area contributed by atoms with Crippen molar-refractivity contribution in [1.29, 1.82) is 0 Å². The number of aromatic nitrogens is 1. The highest BCUT2D eigenvalue weighted by molar-refractivity contribution is 6.29. The number of carbonyl (C=O) groups is 1. The number of rotatable bonds is 2. The van der Waals surface area contributed by atoms with Gasteiger partial charge in [0.15, 0.2) is 0 Å². The van der Waals surface area contributed by atoms with Crippen molar-refractivity contribution >= 4 is 23.2 Å². The molecule has 1 aliphatic rings. The van der Waals surface area contributed by atoms with Gasteiger partial charge in [0.05, 0.1) is 17.4 Å². The van der Waals surface area contributed by atoms with Gasteiger partial charge < -0.3 is 16.0 Å². The van der Waals surface area contributed by atoms with E-state index in [9.17, 15) is 4.79 Å². The molecular formula is C12H17ClN4O. The number of hydrogen-bond donors (Lipinski definition) is 2. The van der Waals surface area contributed by atoms with E-state index in [1.54, 1.807) is 0 Å². The van der Waals surface area contributed by atoms with E-state index in [2.05, 4.69) is 22.2 Å². The molecule has 0 aliphatic carbocycles. The zero-order valence-corrected chi connectivity index (χ0v) is 11.1. The van der Waals surface area contributed by atoms with E-state index in [0.717, 1.165) is 25.9 Å². The Morgan fingerprint density at radius 2 is 2.22 bits per heavy atom. The van der Waals surface area contributed by atoms with Crippen molar-refractivity contribution in [2.75, 3.05) is 25.9 Å². The van der Waals surface area contributed by atoms with Gasteiger partial charge in [-0.15, -0.1) is 0 Å². The number of piperidine rings is 1. The normalized spacial score (nSPS) is 17.7. The number of carbonyl (C=O) groups excluding carboxylic acids is 1. The van der Waals surface area contributed by atoms with Gasteiger partial charge in [-0.2, -0.15) is 0 Å². The second-order valence-corrected chi connectivity index (χ2v) is 5.03. The molecule has 0 spiro atoms. The van der Waals surface area contributed by atoms with E-state index >= 15 is 0 Å². The lowest BCUT2D eigenvalue weighted by Crippen LogP contribution is -2.43. The standard InChI is InChI=1S/C12H17ClN4O/c1-17-4-2-8(3-5-17)16-12(18)9-6-11(13)15-7-10(9)14/h6-8H,2-5,14H2,1H3,(H,16,18). The van der Waals surface area contributed by atoms with Crippen LogP contribution in [0.5, 0.6) is 0 Å². The molecule has 2 heterocycles. The summed E-state index contributed by atoms with van der Waals surface area (Å²) < 4.78 is 0. The van der Waals surface area contributed by atoms with Crippen LogP contribution < -0.4 is 11.1 Å². The highest BCUT2D eigenvalue weighted by Crippen LogP contribution is 2.16. The van der Waals surface area contributed by atoms with Gasteiger partial charge in [0.2, 0.25) is 0 Å². The van der Waals surface area contributed by atoms with Crippen LogP contribution in [0, 0.1) is 0 Å². The number of halogens is 1. The van der Waals surface area contributed by atoms with E-state index in [-0.39, 0.29) is 17.1 Å². The highest BCUT2D eigenvalue weighted by Gasteiger charge is 2.20. The molecule has 1 saturated heterocycles. The lowest BCUT2D eigenvalue weighted by Gasteiger charge is -2.29. The van der Waals surface area contributed by atoms with Gasteiger partial charge in [-0.3, -0.25) is 4.79 Å². The minimum atomic E-state index is -0.175. The predicted octanol–water partition coefficient (Wildman–Crippen LogP) is 1.14. The third-order valence-electron chi connectivity index (χ3n) is 3.20. The van der Waals surface area contributed by atoms with Gasteiger partial charge in [0, 0.05) is 6.04 Å². The first-order valence-corrected chi connectivity index (χ1v) is 6.34. The lowest BCUT2D eigenvalue weighted by molar-refractivity contribution is 0.0917. The van der Waals surface area contributed by atoms with Crippen molar-refractivity contribution in [1.82, 2.24) is 15.2 Å². The summed E-state index contributed by atoms with van der Waals surface area (Å²) in [7, 11) is 2.08. The number of pyridine rings is 1. The summed E-state index contributed by atoms with van der Waals surface area (Å²) in [4.78, 5) is 18.2. The lowest BCUT2D eigenvalue weighted by atomic mass is 10.0. The first-order chi connectivity index (χ1) is 8.56. The summed E-state index contributed by atoms with van der Waals surface area (Å²) in [6.07, 6.45) is 3.33. The van der Waals surface area contributed by atoms with Crippen LogP contribution in [0.15, 0.2) is 12.3 Å². The van der Waals surface area contributed by atoms with Crippen molar-refractivity contribution < 1.29 is 4.79 Å².